The van der Waals surface area contributed by atoms with Gasteiger partial charge in [0, 0.05) is 31.7 Å². The third kappa shape index (κ3) is 2.82. The molecule has 0 amide bonds. The summed E-state index contributed by atoms with van der Waals surface area (Å²) < 4.78 is 15.9. The molecule has 6 nitrogen and oxygen atoms in total. The van der Waals surface area contributed by atoms with Gasteiger partial charge in [0.15, 0.2) is 0 Å². The number of aliphatic imine (C=N–C) groups is 1. The van der Waals surface area contributed by atoms with E-state index in [9.17, 15) is 9.18 Å². The van der Waals surface area contributed by atoms with E-state index in [0.717, 1.165) is 25.9 Å². The summed E-state index contributed by atoms with van der Waals surface area (Å²) in [5, 5.41) is 0. The number of nitrogens with zero attached hydrogens (tertiary/aromatic N) is 4. The average molecular weight is 410 g/mol. The predicted molar refractivity (Wildman–Crippen MR) is 115 cm³/mol. The van der Waals surface area contributed by atoms with Crippen molar-refractivity contribution in [2.24, 2.45) is 29.1 Å². The van der Waals surface area contributed by atoms with Crippen LogP contribution in [0.25, 0.3) is 0 Å². The standard InChI is InChI=1S/C23H28FN5O/c1-14-7-8-23(20(14)25)9-11-29(12-10-23)22-27-17-13-26-19(18(17)21(30)28(22)2)15-5-3-4-6-16(15)24/h3-6,14,20H,7-13,25H2,1-2H3/t14-,20-/m1/s1. The molecule has 2 atom stereocenters. The van der Waals surface area contributed by atoms with Gasteiger partial charge in [0.05, 0.1) is 23.5 Å². The molecule has 158 valence electrons. The molecule has 0 bridgehead atoms. The van der Waals surface area contributed by atoms with Crippen LogP contribution in [0.2, 0.25) is 0 Å². The topological polar surface area (TPSA) is 76.5 Å². The normalized spacial score (nSPS) is 24.9. The molecule has 2 aliphatic heterocycles. The molecule has 1 aromatic carbocycles. The van der Waals surface area contributed by atoms with Gasteiger partial charge < -0.3 is 10.6 Å². The lowest BCUT2D eigenvalue weighted by molar-refractivity contribution is 0.185. The molecule has 7 heteroatoms. The van der Waals surface area contributed by atoms with Crippen LogP contribution < -0.4 is 16.2 Å². The van der Waals surface area contributed by atoms with Crippen LogP contribution in [0.3, 0.4) is 0 Å². The van der Waals surface area contributed by atoms with E-state index in [-0.39, 0.29) is 22.8 Å². The summed E-state index contributed by atoms with van der Waals surface area (Å²) in [6.45, 7) is 4.26. The molecular formula is C23H28FN5O. The number of piperidine rings is 1. The van der Waals surface area contributed by atoms with Crippen LogP contribution >= 0.6 is 0 Å². The first kappa shape index (κ1) is 19.4. The van der Waals surface area contributed by atoms with E-state index in [1.165, 1.54) is 18.9 Å². The van der Waals surface area contributed by atoms with Crippen LogP contribution in [0.5, 0.6) is 0 Å². The maximum absolute atomic E-state index is 14.3. The molecule has 0 unspecified atom stereocenters. The van der Waals surface area contributed by atoms with E-state index in [1.807, 2.05) is 0 Å². The summed E-state index contributed by atoms with van der Waals surface area (Å²) in [5.41, 5.74) is 8.43. The van der Waals surface area contributed by atoms with Gasteiger partial charge in [0.25, 0.3) is 5.56 Å². The molecule has 2 fully saturated rings. The quantitative estimate of drug-likeness (QED) is 0.827. The van der Waals surface area contributed by atoms with Crippen LogP contribution in [0.15, 0.2) is 34.1 Å². The number of aromatic nitrogens is 2. The second-order valence-corrected chi connectivity index (χ2v) is 9.13. The van der Waals surface area contributed by atoms with Gasteiger partial charge in [-0.05, 0) is 49.1 Å². The Hall–Kier alpha value is -2.54. The Morgan fingerprint density at radius 3 is 2.60 bits per heavy atom. The van der Waals surface area contributed by atoms with Gasteiger partial charge in [-0.15, -0.1) is 0 Å². The van der Waals surface area contributed by atoms with Gasteiger partial charge in [0.2, 0.25) is 5.95 Å². The fourth-order valence-electron chi connectivity index (χ4n) is 5.58. The Balaban J connectivity index is 1.44. The second kappa shape index (κ2) is 7.01. The maximum Gasteiger partial charge on any atom is 0.264 e. The molecule has 3 heterocycles. The van der Waals surface area contributed by atoms with E-state index in [4.69, 9.17) is 10.7 Å². The molecule has 2 N–H and O–H groups in total. The zero-order valence-electron chi connectivity index (χ0n) is 17.6. The fraction of sp³-hybridized carbons (Fsp3) is 0.522. The number of hydrogen-bond acceptors (Lipinski definition) is 5. The van der Waals surface area contributed by atoms with E-state index >= 15 is 0 Å². The largest absolute Gasteiger partial charge is 0.342 e. The first-order chi connectivity index (χ1) is 14.4. The highest BCUT2D eigenvalue weighted by Crippen LogP contribution is 2.48. The number of anilines is 1. The van der Waals surface area contributed by atoms with Crippen molar-refractivity contribution in [2.45, 2.75) is 45.2 Å². The summed E-state index contributed by atoms with van der Waals surface area (Å²) >= 11 is 0. The smallest absolute Gasteiger partial charge is 0.264 e. The van der Waals surface area contributed by atoms with Gasteiger partial charge >= 0.3 is 0 Å². The summed E-state index contributed by atoms with van der Waals surface area (Å²) in [5.74, 6) is 0.880. The van der Waals surface area contributed by atoms with Crippen LogP contribution in [0.4, 0.5) is 10.3 Å². The van der Waals surface area contributed by atoms with Gasteiger partial charge in [-0.2, -0.15) is 0 Å². The molecule has 3 aliphatic rings. The third-order valence-corrected chi connectivity index (χ3v) is 7.55. The van der Waals surface area contributed by atoms with Crippen LogP contribution in [-0.2, 0) is 13.6 Å². The molecule has 1 aliphatic carbocycles. The molecule has 2 aromatic rings. The number of halogens is 1. The van der Waals surface area contributed by atoms with Crippen molar-refractivity contribution in [3.05, 3.63) is 57.3 Å². The minimum atomic E-state index is -0.376. The van der Waals surface area contributed by atoms with Gasteiger partial charge in [-0.3, -0.25) is 14.4 Å². The number of fused-ring (bicyclic) bond motifs is 1. The van der Waals surface area contributed by atoms with Gasteiger partial charge in [-0.1, -0.05) is 19.1 Å². The first-order valence-electron chi connectivity index (χ1n) is 10.8. The van der Waals surface area contributed by atoms with Crippen molar-refractivity contribution in [1.82, 2.24) is 9.55 Å². The molecule has 1 saturated heterocycles. The molecule has 0 radical (unpaired) electrons. The summed E-state index contributed by atoms with van der Waals surface area (Å²) in [4.78, 5) is 24.7. The number of rotatable bonds is 2. The third-order valence-electron chi connectivity index (χ3n) is 7.55. The second-order valence-electron chi connectivity index (χ2n) is 9.13. The van der Waals surface area contributed by atoms with E-state index in [2.05, 4.69) is 16.8 Å². The summed E-state index contributed by atoms with van der Waals surface area (Å²) in [6.07, 6.45) is 4.46. The highest BCUT2D eigenvalue weighted by atomic mass is 19.1. The first-order valence-corrected chi connectivity index (χ1v) is 10.8. The van der Waals surface area contributed by atoms with Crippen molar-refractivity contribution >= 4 is 11.7 Å². The van der Waals surface area contributed by atoms with E-state index in [1.54, 1.807) is 29.8 Å². The number of hydrogen-bond donors (Lipinski definition) is 1. The highest BCUT2D eigenvalue weighted by molar-refractivity contribution is 6.14. The summed E-state index contributed by atoms with van der Waals surface area (Å²) in [7, 11) is 1.75. The van der Waals surface area contributed by atoms with E-state index in [0.29, 0.717) is 40.9 Å². The summed E-state index contributed by atoms with van der Waals surface area (Å²) in [6, 6.07) is 6.69. The molecule has 1 spiro atoms. The van der Waals surface area contributed by atoms with Crippen molar-refractivity contribution in [1.29, 1.82) is 0 Å². The lowest BCUT2D eigenvalue weighted by Gasteiger charge is -2.43. The maximum atomic E-state index is 14.3. The number of nitrogens with two attached hydrogens (primary N) is 1. The molecule has 5 rings (SSSR count). The fourth-order valence-corrected chi connectivity index (χ4v) is 5.58. The Kier molecular flexibility index (Phi) is 4.54. The SMILES string of the molecule is C[C@@H]1CCC2(CCN(c3nc4c(c(=O)n3C)C(c3ccccc3F)=NC4)CC2)[C@@H]1N. The Labute approximate surface area is 175 Å². The zero-order valence-corrected chi connectivity index (χ0v) is 17.6. The Morgan fingerprint density at radius 2 is 1.93 bits per heavy atom. The Morgan fingerprint density at radius 1 is 1.20 bits per heavy atom. The van der Waals surface area contributed by atoms with Gasteiger partial charge in [0.1, 0.15) is 5.82 Å². The molecular weight excluding hydrogens is 381 g/mol. The minimum Gasteiger partial charge on any atom is -0.342 e. The van der Waals surface area contributed by atoms with Crippen molar-refractivity contribution in [2.75, 3.05) is 18.0 Å². The monoisotopic (exact) mass is 409 g/mol. The lowest BCUT2D eigenvalue weighted by atomic mass is 9.73. The van der Waals surface area contributed by atoms with Crippen LogP contribution in [-0.4, -0.2) is 34.4 Å². The lowest BCUT2D eigenvalue weighted by Crippen LogP contribution is -2.49. The molecule has 1 aromatic heterocycles. The van der Waals surface area contributed by atoms with E-state index < -0.39 is 0 Å². The van der Waals surface area contributed by atoms with Crippen molar-refractivity contribution < 1.29 is 4.39 Å². The van der Waals surface area contributed by atoms with Crippen molar-refractivity contribution in [3.63, 3.8) is 0 Å². The molecule has 30 heavy (non-hydrogen) atoms. The highest BCUT2D eigenvalue weighted by Gasteiger charge is 2.46. The molecule has 1 saturated carbocycles. The zero-order chi connectivity index (χ0) is 21.0. The predicted octanol–water partition coefficient (Wildman–Crippen LogP) is 2.61. The minimum absolute atomic E-state index is 0.166. The van der Waals surface area contributed by atoms with Crippen LogP contribution in [0.1, 0.15) is 49.4 Å². The van der Waals surface area contributed by atoms with Crippen LogP contribution in [0, 0.1) is 17.2 Å². The average Bonchev–Trinajstić information content (AvgIpc) is 3.29. The number of benzene rings is 1. The van der Waals surface area contributed by atoms with Crippen molar-refractivity contribution in [3.8, 4) is 0 Å². The Bertz CT molecular complexity index is 1080. The van der Waals surface area contributed by atoms with Gasteiger partial charge in [-0.25, -0.2) is 9.37 Å².